The van der Waals surface area contributed by atoms with Gasteiger partial charge in [-0.25, -0.2) is 0 Å². The number of aliphatic carboxylic acids is 1. The van der Waals surface area contributed by atoms with Gasteiger partial charge in [0, 0.05) is 5.69 Å². The smallest absolute Gasteiger partial charge is 0.305 e. The van der Waals surface area contributed by atoms with E-state index >= 15 is 0 Å². The normalized spacial score (nSPS) is 11.8. The van der Waals surface area contributed by atoms with Gasteiger partial charge in [0.1, 0.15) is 0 Å². The molecule has 0 aliphatic carbocycles. The molecule has 0 saturated heterocycles. The van der Waals surface area contributed by atoms with Gasteiger partial charge in [-0.05, 0) is 17.7 Å². The molecule has 2 rings (SSSR count). The molecular formula is C15H15NO2. The van der Waals surface area contributed by atoms with Crippen molar-refractivity contribution in [1.82, 2.24) is 0 Å². The summed E-state index contributed by atoms with van der Waals surface area (Å²) in [6.07, 6.45) is 0.0545. The van der Waals surface area contributed by atoms with Gasteiger partial charge < -0.3 is 10.4 Å². The standard InChI is InChI=1S/C15H15NO2/c17-15(18)11-14(12-7-3-1-4-8-12)16-13-9-5-2-6-10-13/h1-10,14,16H,11H2,(H,17,18)/t14-/m1/s1. The molecule has 3 nitrogen and oxygen atoms in total. The predicted molar refractivity (Wildman–Crippen MR) is 71.5 cm³/mol. The van der Waals surface area contributed by atoms with E-state index in [1.165, 1.54) is 0 Å². The highest BCUT2D eigenvalue weighted by atomic mass is 16.4. The van der Waals surface area contributed by atoms with Crippen LogP contribution in [0.2, 0.25) is 0 Å². The number of carboxylic acid groups (broad SMARTS) is 1. The minimum atomic E-state index is -0.813. The van der Waals surface area contributed by atoms with Gasteiger partial charge in [0.2, 0.25) is 0 Å². The van der Waals surface area contributed by atoms with Crippen molar-refractivity contribution in [2.24, 2.45) is 0 Å². The van der Waals surface area contributed by atoms with Crippen molar-refractivity contribution in [3.05, 3.63) is 66.2 Å². The average Bonchev–Trinajstić information content (AvgIpc) is 2.40. The van der Waals surface area contributed by atoms with Crippen LogP contribution in [0.15, 0.2) is 60.7 Å². The van der Waals surface area contributed by atoms with E-state index in [1.807, 2.05) is 60.7 Å². The van der Waals surface area contributed by atoms with Gasteiger partial charge in [0.05, 0.1) is 12.5 Å². The van der Waals surface area contributed by atoms with Gasteiger partial charge in [-0.15, -0.1) is 0 Å². The second-order valence-electron chi connectivity index (χ2n) is 4.07. The maximum atomic E-state index is 10.9. The Bertz CT molecular complexity index is 496. The maximum absolute atomic E-state index is 10.9. The van der Waals surface area contributed by atoms with Crippen LogP contribution in [0.3, 0.4) is 0 Å². The zero-order chi connectivity index (χ0) is 12.8. The molecule has 2 aromatic carbocycles. The van der Waals surface area contributed by atoms with E-state index in [1.54, 1.807) is 0 Å². The van der Waals surface area contributed by atoms with Gasteiger partial charge in [-0.1, -0.05) is 48.5 Å². The molecule has 3 heteroatoms. The molecule has 18 heavy (non-hydrogen) atoms. The first-order chi connectivity index (χ1) is 8.75. The van der Waals surface area contributed by atoms with E-state index in [0.29, 0.717) is 0 Å². The number of nitrogens with one attached hydrogen (secondary N) is 1. The van der Waals surface area contributed by atoms with Crippen LogP contribution in [-0.2, 0) is 4.79 Å². The van der Waals surface area contributed by atoms with E-state index < -0.39 is 5.97 Å². The van der Waals surface area contributed by atoms with Crippen molar-refractivity contribution in [2.45, 2.75) is 12.5 Å². The highest BCUT2D eigenvalue weighted by Gasteiger charge is 2.14. The highest BCUT2D eigenvalue weighted by Crippen LogP contribution is 2.22. The molecule has 0 saturated carbocycles. The summed E-state index contributed by atoms with van der Waals surface area (Å²) in [5.74, 6) is -0.813. The van der Waals surface area contributed by atoms with Crippen molar-refractivity contribution in [2.75, 3.05) is 5.32 Å². The Morgan fingerprint density at radius 2 is 1.56 bits per heavy atom. The third-order valence-electron chi connectivity index (χ3n) is 2.70. The van der Waals surface area contributed by atoms with E-state index in [-0.39, 0.29) is 12.5 Å². The third kappa shape index (κ3) is 3.35. The Hall–Kier alpha value is -2.29. The lowest BCUT2D eigenvalue weighted by Gasteiger charge is -2.18. The largest absolute Gasteiger partial charge is 0.481 e. The third-order valence-corrected chi connectivity index (χ3v) is 2.70. The number of para-hydroxylation sites is 1. The first-order valence-corrected chi connectivity index (χ1v) is 5.84. The van der Waals surface area contributed by atoms with Crippen molar-refractivity contribution < 1.29 is 9.90 Å². The molecule has 0 aliphatic heterocycles. The molecule has 92 valence electrons. The van der Waals surface area contributed by atoms with Crippen LogP contribution in [0.25, 0.3) is 0 Å². The molecule has 0 spiro atoms. The summed E-state index contributed by atoms with van der Waals surface area (Å²) in [6, 6.07) is 19.0. The SMILES string of the molecule is O=C(O)C[C@@H](Nc1ccccc1)c1ccccc1. The molecule has 2 aromatic rings. The summed E-state index contributed by atoms with van der Waals surface area (Å²) >= 11 is 0. The van der Waals surface area contributed by atoms with Gasteiger partial charge in [0.25, 0.3) is 0 Å². The Kier molecular flexibility index (Phi) is 3.97. The van der Waals surface area contributed by atoms with Gasteiger partial charge in [-0.3, -0.25) is 4.79 Å². The molecule has 0 fully saturated rings. The van der Waals surface area contributed by atoms with Crippen LogP contribution in [0.5, 0.6) is 0 Å². The second kappa shape index (κ2) is 5.87. The average molecular weight is 241 g/mol. The van der Waals surface area contributed by atoms with E-state index in [0.717, 1.165) is 11.3 Å². The highest BCUT2D eigenvalue weighted by molar-refractivity contribution is 5.69. The topological polar surface area (TPSA) is 49.3 Å². The number of anilines is 1. The number of carbonyl (C=O) groups is 1. The van der Waals surface area contributed by atoms with Crippen LogP contribution in [0, 0.1) is 0 Å². The number of hydrogen-bond acceptors (Lipinski definition) is 2. The first kappa shape index (κ1) is 12.2. The number of benzene rings is 2. The zero-order valence-corrected chi connectivity index (χ0v) is 9.91. The van der Waals surface area contributed by atoms with Crippen LogP contribution in [0.4, 0.5) is 5.69 Å². The molecule has 2 N–H and O–H groups in total. The lowest BCUT2D eigenvalue weighted by atomic mass is 10.0. The van der Waals surface area contributed by atoms with E-state index in [2.05, 4.69) is 5.32 Å². The van der Waals surface area contributed by atoms with Crippen LogP contribution >= 0.6 is 0 Å². The minimum Gasteiger partial charge on any atom is -0.481 e. The molecule has 0 aromatic heterocycles. The lowest BCUT2D eigenvalue weighted by Crippen LogP contribution is -2.15. The fourth-order valence-electron chi connectivity index (χ4n) is 1.85. The quantitative estimate of drug-likeness (QED) is 0.844. The second-order valence-corrected chi connectivity index (χ2v) is 4.07. The summed E-state index contributed by atoms with van der Waals surface area (Å²) in [5.41, 5.74) is 1.90. The molecule has 0 unspecified atom stereocenters. The fraction of sp³-hybridized carbons (Fsp3) is 0.133. The van der Waals surface area contributed by atoms with Crippen molar-refractivity contribution >= 4 is 11.7 Å². The maximum Gasteiger partial charge on any atom is 0.305 e. The van der Waals surface area contributed by atoms with Crippen molar-refractivity contribution in [3.8, 4) is 0 Å². The summed E-state index contributed by atoms with van der Waals surface area (Å²) in [5, 5.41) is 12.2. The zero-order valence-electron chi connectivity index (χ0n) is 9.91. The molecule has 0 aliphatic rings. The van der Waals surface area contributed by atoms with Crippen molar-refractivity contribution in [3.63, 3.8) is 0 Å². The Morgan fingerprint density at radius 3 is 2.11 bits per heavy atom. The Labute approximate surface area is 106 Å². The number of hydrogen-bond donors (Lipinski definition) is 2. The fourth-order valence-corrected chi connectivity index (χ4v) is 1.85. The van der Waals surface area contributed by atoms with Crippen molar-refractivity contribution in [1.29, 1.82) is 0 Å². The Balaban J connectivity index is 2.18. The predicted octanol–water partition coefficient (Wildman–Crippen LogP) is 3.31. The summed E-state index contributed by atoms with van der Waals surface area (Å²) in [4.78, 5) is 10.9. The molecule has 0 bridgehead atoms. The van der Waals surface area contributed by atoms with Gasteiger partial charge in [-0.2, -0.15) is 0 Å². The van der Waals surface area contributed by atoms with Crippen LogP contribution in [-0.4, -0.2) is 11.1 Å². The van der Waals surface area contributed by atoms with Gasteiger partial charge in [0.15, 0.2) is 0 Å². The molecule has 0 heterocycles. The monoisotopic (exact) mass is 241 g/mol. The first-order valence-electron chi connectivity index (χ1n) is 5.84. The number of rotatable bonds is 5. The summed E-state index contributed by atoms with van der Waals surface area (Å²) in [6.45, 7) is 0. The van der Waals surface area contributed by atoms with Crippen LogP contribution < -0.4 is 5.32 Å². The summed E-state index contributed by atoms with van der Waals surface area (Å²) in [7, 11) is 0. The molecule has 0 radical (unpaired) electrons. The lowest BCUT2D eigenvalue weighted by molar-refractivity contribution is -0.137. The molecule has 1 atom stereocenters. The minimum absolute atomic E-state index is 0.0545. The number of carboxylic acids is 1. The van der Waals surface area contributed by atoms with Gasteiger partial charge >= 0.3 is 5.97 Å². The van der Waals surface area contributed by atoms with E-state index in [4.69, 9.17) is 5.11 Å². The Morgan fingerprint density at radius 1 is 1.00 bits per heavy atom. The molecule has 0 amide bonds. The molecular weight excluding hydrogens is 226 g/mol. The summed E-state index contributed by atoms with van der Waals surface area (Å²) < 4.78 is 0. The van der Waals surface area contributed by atoms with E-state index in [9.17, 15) is 4.79 Å². The van der Waals surface area contributed by atoms with Crippen LogP contribution in [0.1, 0.15) is 18.0 Å².